The molecule has 1 aliphatic rings. The van der Waals surface area contributed by atoms with E-state index in [9.17, 15) is 19.2 Å². The minimum Gasteiger partial charge on any atom is -0.465 e. The van der Waals surface area contributed by atoms with E-state index in [2.05, 4.69) is 17.2 Å². The lowest BCUT2D eigenvalue weighted by molar-refractivity contribution is -0.116. The lowest BCUT2D eigenvalue weighted by atomic mass is 9.88. The SMILES string of the molecule is COC(=O)c1c(NC(=O)Cn2cnc3c2c(=O)n(C)c(=O)n3C)sc2c1CCC(C)C2. The fraction of sp³-hybridized carbons (Fsp3) is 0.450. The molecule has 1 atom stereocenters. The number of carbonyl (C=O) groups excluding carboxylic acids is 2. The largest absolute Gasteiger partial charge is 0.465 e. The van der Waals surface area contributed by atoms with E-state index in [0.717, 1.165) is 34.3 Å². The van der Waals surface area contributed by atoms with Gasteiger partial charge in [0.05, 0.1) is 19.0 Å². The third-order valence-corrected chi connectivity index (χ3v) is 6.86. The van der Waals surface area contributed by atoms with Crippen molar-refractivity contribution < 1.29 is 14.3 Å². The third kappa shape index (κ3) is 3.48. The van der Waals surface area contributed by atoms with Crippen LogP contribution in [0, 0.1) is 5.92 Å². The lowest BCUT2D eigenvalue weighted by Gasteiger charge is -2.18. The molecule has 0 bridgehead atoms. The topological polar surface area (TPSA) is 117 Å². The number of hydrogen-bond donors (Lipinski definition) is 1. The van der Waals surface area contributed by atoms with E-state index in [4.69, 9.17) is 4.74 Å². The fourth-order valence-corrected chi connectivity index (χ4v) is 5.41. The number of amides is 1. The molecular weight excluding hydrogens is 422 g/mol. The first-order chi connectivity index (χ1) is 14.7. The number of hydrogen-bond acceptors (Lipinski definition) is 7. The Morgan fingerprint density at radius 2 is 2.03 bits per heavy atom. The summed E-state index contributed by atoms with van der Waals surface area (Å²) in [6, 6.07) is 0. The number of carbonyl (C=O) groups is 2. The highest BCUT2D eigenvalue weighted by molar-refractivity contribution is 7.17. The van der Waals surface area contributed by atoms with E-state index in [0.29, 0.717) is 16.5 Å². The minimum absolute atomic E-state index is 0.159. The summed E-state index contributed by atoms with van der Waals surface area (Å²) in [5.41, 5.74) is 0.704. The van der Waals surface area contributed by atoms with Gasteiger partial charge in [0.15, 0.2) is 11.2 Å². The molecule has 1 unspecified atom stereocenters. The van der Waals surface area contributed by atoms with E-state index >= 15 is 0 Å². The number of methoxy groups -OCH3 is 1. The Hall–Kier alpha value is -3.21. The lowest BCUT2D eigenvalue weighted by Crippen LogP contribution is -2.37. The molecule has 31 heavy (non-hydrogen) atoms. The van der Waals surface area contributed by atoms with Gasteiger partial charge in [0, 0.05) is 19.0 Å². The first-order valence-corrected chi connectivity index (χ1v) is 10.7. The van der Waals surface area contributed by atoms with Crippen LogP contribution in [0.1, 0.15) is 34.1 Å². The molecule has 4 rings (SSSR count). The average Bonchev–Trinajstić information content (AvgIpc) is 3.30. The number of aromatic nitrogens is 4. The number of nitrogens with one attached hydrogen (secondary N) is 1. The average molecular weight is 446 g/mol. The zero-order chi connectivity index (χ0) is 22.4. The Morgan fingerprint density at radius 3 is 2.74 bits per heavy atom. The van der Waals surface area contributed by atoms with Crippen molar-refractivity contribution in [1.29, 1.82) is 0 Å². The van der Waals surface area contributed by atoms with Crippen LogP contribution in [0.2, 0.25) is 0 Å². The van der Waals surface area contributed by atoms with Gasteiger partial charge < -0.3 is 14.6 Å². The van der Waals surface area contributed by atoms with Gasteiger partial charge in [-0.2, -0.15) is 0 Å². The quantitative estimate of drug-likeness (QED) is 0.600. The summed E-state index contributed by atoms with van der Waals surface area (Å²) in [7, 11) is 4.21. The summed E-state index contributed by atoms with van der Waals surface area (Å²) >= 11 is 1.40. The molecule has 10 nitrogen and oxygen atoms in total. The normalized spacial score (nSPS) is 15.7. The van der Waals surface area contributed by atoms with Crippen molar-refractivity contribution in [3.8, 4) is 0 Å². The molecule has 164 valence electrons. The highest BCUT2D eigenvalue weighted by Gasteiger charge is 2.29. The molecule has 3 heterocycles. The van der Waals surface area contributed by atoms with Gasteiger partial charge in [-0.15, -0.1) is 11.3 Å². The highest BCUT2D eigenvalue weighted by atomic mass is 32.1. The number of anilines is 1. The zero-order valence-corrected chi connectivity index (χ0v) is 18.5. The van der Waals surface area contributed by atoms with Gasteiger partial charge in [-0.25, -0.2) is 14.6 Å². The number of esters is 1. The van der Waals surface area contributed by atoms with Gasteiger partial charge in [0.2, 0.25) is 5.91 Å². The monoisotopic (exact) mass is 445 g/mol. The van der Waals surface area contributed by atoms with Gasteiger partial charge in [-0.1, -0.05) is 6.92 Å². The summed E-state index contributed by atoms with van der Waals surface area (Å²) in [6.45, 7) is 1.97. The van der Waals surface area contributed by atoms with Crippen LogP contribution < -0.4 is 16.6 Å². The van der Waals surface area contributed by atoms with Crippen LogP contribution in [0.25, 0.3) is 11.2 Å². The van der Waals surface area contributed by atoms with Crippen molar-refractivity contribution in [1.82, 2.24) is 18.7 Å². The Bertz CT molecular complexity index is 1330. The van der Waals surface area contributed by atoms with E-state index in [-0.39, 0.29) is 17.7 Å². The molecule has 0 aromatic carbocycles. The molecule has 0 aliphatic heterocycles. The second kappa shape index (κ2) is 7.80. The summed E-state index contributed by atoms with van der Waals surface area (Å²) in [6.07, 6.45) is 3.96. The van der Waals surface area contributed by atoms with Crippen LogP contribution in [0.15, 0.2) is 15.9 Å². The number of thiophene rings is 1. The molecule has 11 heteroatoms. The summed E-state index contributed by atoms with van der Waals surface area (Å²) in [5, 5.41) is 3.27. The number of rotatable bonds is 4. The molecule has 0 radical (unpaired) electrons. The van der Waals surface area contributed by atoms with Crippen molar-refractivity contribution in [2.75, 3.05) is 12.4 Å². The Morgan fingerprint density at radius 1 is 1.29 bits per heavy atom. The first-order valence-electron chi connectivity index (χ1n) is 9.86. The summed E-state index contributed by atoms with van der Waals surface area (Å²) < 4.78 is 8.59. The predicted molar refractivity (Wildman–Crippen MR) is 116 cm³/mol. The minimum atomic E-state index is -0.528. The van der Waals surface area contributed by atoms with Crippen LogP contribution in [0.4, 0.5) is 5.00 Å². The Balaban J connectivity index is 1.67. The molecule has 0 spiro atoms. The fourth-order valence-electron chi connectivity index (χ4n) is 3.99. The molecule has 1 aliphatic carbocycles. The van der Waals surface area contributed by atoms with E-state index < -0.39 is 23.1 Å². The first kappa shape index (κ1) is 21.0. The van der Waals surface area contributed by atoms with E-state index in [1.54, 1.807) is 0 Å². The number of ether oxygens (including phenoxy) is 1. The summed E-state index contributed by atoms with van der Waals surface area (Å²) in [4.78, 5) is 55.1. The molecular formula is C20H23N5O5S. The summed E-state index contributed by atoms with van der Waals surface area (Å²) in [5.74, 6) is -0.369. The Labute approximate surface area is 181 Å². The number of imidazole rings is 1. The zero-order valence-electron chi connectivity index (χ0n) is 17.7. The van der Waals surface area contributed by atoms with Crippen LogP contribution >= 0.6 is 11.3 Å². The molecule has 0 saturated carbocycles. The maximum atomic E-state index is 12.8. The molecule has 0 saturated heterocycles. The molecule has 3 aromatic heterocycles. The van der Waals surface area contributed by atoms with E-state index in [1.807, 2.05) is 0 Å². The number of fused-ring (bicyclic) bond motifs is 2. The second-order valence-corrected chi connectivity index (χ2v) is 8.95. The predicted octanol–water partition coefficient (Wildman–Crippen LogP) is 1.05. The number of nitrogens with zero attached hydrogens (tertiary/aromatic N) is 4. The second-order valence-electron chi connectivity index (χ2n) is 7.85. The Kier molecular flexibility index (Phi) is 5.29. The van der Waals surface area contributed by atoms with Gasteiger partial charge >= 0.3 is 11.7 Å². The highest BCUT2D eigenvalue weighted by Crippen LogP contribution is 2.40. The molecule has 3 aromatic rings. The standard InChI is InChI=1S/C20H23N5O5S/c1-10-5-6-11-12(7-10)31-17(14(11)19(28)30-4)22-13(26)8-25-9-21-16-15(25)18(27)24(3)20(29)23(16)2/h9-10H,5-8H2,1-4H3,(H,22,26). The molecule has 0 fully saturated rings. The van der Waals surface area contributed by atoms with Crippen molar-refractivity contribution in [3.05, 3.63) is 43.2 Å². The number of aryl methyl sites for hydroxylation is 1. The van der Waals surface area contributed by atoms with Crippen LogP contribution in [-0.4, -0.2) is 37.7 Å². The van der Waals surface area contributed by atoms with Gasteiger partial charge in [0.25, 0.3) is 5.56 Å². The van der Waals surface area contributed by atoms with Crippen molar-refractivity contribution >= 4 is 39.4 Å². The maximum absolute atomic E-state index is 12.8. The van der Waals surface area contributed by atoms with Crippen molar-refractivity contribution in [2.45, 2.75) is 32.7 Å². The van der Waals surface area contributed by atoms with Crippen molar-refractivity contribution in [3.63, 3.8) is 0 Å². The molecule has 1 amide bonds. The maximum Gasteiger partial charge on any atom is 0.341 e. The van der Waals surface area contributed by atoms with Gasteiger partial charge in [0.1, 0.15) is 11.5 Å². The van der Waals surface area contributed by atoms with Gasteiger partial charge in [-0.3, -0.25) is 18.7 Å². The van der Waals surface area contributed by atoms with Crippen LogP contribution in [-0.2, 0) is 43.0 Å². The molecule has 1 N–H and O–H groups in total. The van der Waals surface area contributed by atoms with Crippen molar-refractivity contribution in [2.24, 2.45) is 20.0 Å². The van der Waals surface area contributed by atoms with E-state index in [1.165, 1.54) is 48.0 Å². The van der Waals surface area contributed by atoms with Crippen LogP contribution in [0.5, 0.6) is 0 Å². The van der Waals surface area contributed by atoms with Crippen LogP contribution in [0.3, 0.4) is 0 Å². The van der Waals surface area contributed by atoms with Gasteiger partial charge in [-0.05, 0) is 30.7 Å². The third-order valence-electron chi connectivity index (χ3n) is 5.69. The smallest absolute Gasteiger partial charge is 0.341 e.